The molecule has 6 aromatic rings. The van der Waals surface area contributed by atoms with Gasteiger partial charge >= 0.3 is 6.09 Å². The first-order valence-corrected chi connectivity index (χ1v) is 57.7. The number of likely N-dealkylation sites (tertiary alicyclic amines) is 3. The average Bonchev–Trinajstić information content (AvgIpc) is 1.77. The van der Waals surface area contributed by atoms with Crippen LogP contribution in [0.25, 0.3) is 0 Å². The maximum Gasteiger partial charge on any atom is 0.408 e. The zero-order chi connectivity index (χ0) is 101. The molecule has 0 unspecified atom stereocenters. The predicted molar refractivity (Wildman–Crippen MR) is 614 cm³/mol. The molecule has 12 atom stereocenters. The summed E-state index contributed by atoms with van der Waals surface area (Å²) < 4.78 is 25.0. The molecular weight excluding hydrogens is 2010 g/mol. The van der Waals surface area contributed by atoms with Crippen LogP contribution in [0.3, 0.4) is 0 Å². The number of carbonyl (C=O) groups is 8. The lowest BCUT2D eigenvalue weighted by atomic mass is 9.78. The molecule has 3 aromatic heterocycles. The SMILES string of the molecule is C[C@@H]1N=C(N2CCN(C(=O)[C@H](N)C3CCC(N4CCCCC4)CC3)[C@H](C(=O)CCc3cccs3)C2)O[C@H]1c1ccccc1.C[C@@H]1N=C(N2CCN(C(=O)[C@H](NC(=O)OC(C)(C)C)C3CCC(N4CCCCC4)CC3)[C@H](C(=O)CCc3cccs3)C2)O[C@H]1c1ccccc1.C[C@@H]1N=C(N2CCN(C(=O)[C@H](NC3CCC(C(N)=O)CC3)C3CCC(N4CCCCC4)CC3)[C@H](C(=O)CCc3cccs3)C2)O[C@H]1c1ccccc1.S.S.S.S. The number of nitrogens with two attached hydrogens (primary N) is 2. The van der Waals surface area contributed by atoms with Gasteiger partial charge in [-0.25, -0.2) is 19.8 Å². The molecule has 0 bridgehead atoms. The Morgan fingerprint density at radius 3 is 1.02 bits per heavy atom. The quantitative estimate of drug-likeness (QED) is 0.0355. The normalized spacial score (nSPS) is 28.2. The Kier molecular flexibility index (Phi) is 45.0. The Morgan fingerprint density at radius 2 is 0.705 bits per heavy atom. The second-order valence-electron chi connectivity index (χ2n) is 44.2. The molecule has 4 saturated carbocycles. The van der Waals surface area contributed by atoms with Crippen molar-refractivity contribution in [3.63, 3.8) is 0 Å². The zero-order valence-electron chi connectivity index (χ0n) is 88.6. The van der Waals surface area contributed by atoms with Gasteiger partial charge in [0.1, 0.15) is 48.1 Å². The van der Waals surface area contributed by atoms with Crippen LogP contribution in [0.4, 0.5) is 4.79 Å². The number of amidine groups is 3. The Hall–Kier alpha value is -8.07. The Balaban J connectivity index is 0.000000185. The van der Waals surface area contributed by atoms with E-state index in [9.17, 15) is 33.6 Å². The number of thiophene rings is 3. The van der Waals surface area contributed by atoms with Gasteiger partial charge in [0.15, 0.2) is 17.3 Å². The monoisotopic (exact) mass is 2180 g/mol. The summed E-state index contributed by atoms with van der Waals surface area (Å²) in [4.78, 5) is 149. The number of hydrogen-bond donors (Lipinski definition) is 4. The molecular formula is C114H168N16O12S7. The summed E-state index contributed by atoms with van der Waals surface area (Å²) in [5.74, 6) is -0.000986. The maximum absolute atomic E-state index is 15.0. The fourth-order valence-corrected chi connectivity index (χ4v) is 27.2. The summed E-state index contributed by atoms with van der Waals surface area (Å²) in [6.45, 7) is 22.6. The van der Waals surface area contributed by atoms with E-state index in [4.69, 9.17) is 45.4 Å². The number of carbonyl (C=O) groups excluding carboxylic acids is 8. The van der Waals surface area contributed by atoms with E-state index in [0.29, 0.717) is 134 Å². The fraction of sp³-hybridized carbons (Fsp3) is 0.640. The standard InChI is InChI=1S/C41H58N6O4S.C39H55N5O5S.C34H47N5O3S.4H2S/c1-28-38(30-9-4-2-5-10-30)51-41(43-28)46-24-25-47(35(27-46)36(48)21-20-34-11-8-26-52-34)40(50)37(44-32-16-12-31(13-17-32)39(42)49)29-14-18-33(19-15-29)45-22-6-3-7-23-45;1-27-35(29-12-7-5-8-13-29)48-37(40-27)43-23-24-44(32(26-43)33(45)20-19-31-14-11-25-50-31)36(46)34(41-38(47)49-39(2,3)4)28-15-17-30(18-16-28)42-21-9-6-10-22-42;1-24-32(26-9-4-2-5-10-26)42-34(36-24)38-20-21-39(29(23-38)30(40)17-16-28-11-8-22-43-28)33(41)31(35)25-12-14-27(15-13-25)37-18-6-3-7-19-37;;;;/h2,4-5,8-11,26,28-29,31-33,35,37-38,44H,3,6-7,12-25,27H2,1H3,(H2,42,49);5,7-8,11-14,25,27-28,30,32,34-35H,6,9-10,15-24,26H2,1-4H3,(H,41,47);2,4-5,8-11,22,24-25,27,29,31-32H,3,6-7,12-21,23,35H2,1H3;4*1H2/t28-,29?,31?,32?,33?,35-,37+,38+;27-,28?,30?,32-,34+,35+;24-,25?,27?,29-,31+,32+;;;;/m000..../s1. The van der Waals surface area contributed by atoms with Gasteiger partial charge in [0.05, 0.1) is 30.2 Å². The second kappa shape index (κ2) is 56.9. The highest BCUT2D eigenvalue weighted by Crippen LogP contribution is 2.42. The lowest BCUT2D eigenvalue weighted by molar-refractivity contribution is -0.146. The van der Waals surface area contributed by atoms with Gasteiger partial charge < -0.3 is 85.1 Å². The number of nitrogens with zero attached hydrogens (tertiary/aromatic N) is 12. The van der Waals surface area contributed by atoms with Crippen molar-refractivity contribution < 1.29 is 57.3 Å². The predicted octanol–water partition coefficient (Wildman–Crippen LogP) is 16.6. The molecule has 4 aliphatic carbocycles. The number of ketones is 3. The molecule has 3 aromatic carbocycles. The van der Waals surface area contributed by atoms with Gasteiger partial charge in [-0.05, 0) is 310 Å². The molecule has 28 nitrogen and oxygen atoms in total. The molecule has 0 radical (unpaired) electrons. The highest BCUT2D eigenvalue weighted by molar-refractivity contribution is 7.59. The molecule has 13 aliphatic rings. The van der Waals surface area contributed by atoms with Gasteiger partial charge in [0.25, 0.3) is 18.1 Å². The van der Waals surface area contributed by atoms with Crippen molar-refractivity contribution in [2.24, 2.45) is 50.1 Å². The van der Waals surface area contributed by atoms with Gasteiger partial charge in [0.2, 0.25) is 23.6 Å². The van der Waals surface area contributed by atoms with Crippen molar-refractivity contribution in [3.8, 4) is 0 Å². The summed E-state index contributed by atoms with van der Waals surface area (Å²) in [6, 6.07) is 42.5. The number of piperazine rings is 3. The van der Waals surface area contributed by atoms with E-state index in [1.165, 1.54) is 93.7 Å². The van der Waals surface area contributed by atoms with Crippen molar-refractivity contribution in [3.05, 3.63) is 175 Å². The molecule has 9 aliphatic heterocycles. The molecule has 35 heteroatoms. The first-order chi connectivity index (χ1) is 70.4. The Bertz CT molecular complexity index is 5260. The number of aliphatic imine (C=N–C) groups is 3. The van der Waals surface area contributed by atoms with Crippen molar-refractivity contribution in [2.75, 3.05) is 98.2 Å². The third kappa shape index (κ3) is 31.2. The number of ether oxygens (including phenoxy) is 4. The molecule has 5 amide bonds. The van der Waals surface area contributed by atoms with Crippen LogP contribution in [0.15, 0.2) is 159 Å². The van der Waals surface area contributed by atoms with Crippen LogP contribution in [-0.2, 0) is 71.8 Å². The van der Waals surface area contributed by atoms with E-state index < -0.39 is 41.9 Å². The number of aryl methyl sites for hydroxylation is 3. The second-order valence-corrected chi connectivity index (χ2v) is 47.3. The van der Waals surface area contributed by atoms with Gasteiger partial charge in [-0.2, -0.15) is 54.0 Å². The van der Waals surface area contributed by atoms with Crippen molar-refractivity contribution in [2.45, 2.75) is 343 Å². The number of amides is 5. The van der Waals surface area contributed by atoms with Crippen molar-refractivity contribution >= 4 is 153 Å². The number of piperidine rings is 3. The third-order valence-corrected chi connectivity index (χ3v) is 36.1. The average molecular weight is 2180 g/mol. The summed E-state index contributed by atoms with van der Waals surface area (Å²) in [5, 5.41) is 13.0. The minimum Gasteiger partial charge on any atom is -0.455 e. The number of alkyl carbamates (subject to hydrolysis) is 1. The lowest BCUT2D eigenvalue weighted by Gasteiger charge is -2.45. The maximum atomic E-state index is 15.0. The Labute approximate surface area is 924 Å². The summed E-state index contributed by atoms with van der Waals surface area (Å²) in [7, 11) is 0. The molecule has 10 fully saturated rings. The van der Waals surface area contributed by atoms with E-state index in [1.807, 2.05) is 145 Å². The van der Waals surface area contributed by atoms with Crippen LogP contribution in [0.1, 0.15) is 271 Å². The van der Waals surface area contributed by atoms with Crippen LogP contribution in [0, 0.1) is 23.7 Å². The van der Waals surface area contributed by atoms with Gasteiger partial charge in [-0.1, -0.05) is 128 Å². The van der Waals surface area contributed by atoms with Crippen LogP contribution in [-0.4, -0.2) is 292 Å². The van der Waals surface area contributed by atoms with E-state index in [1.54, 1.807) is 43.8 Å². The zero-order valence-corrected chi connectivity index (χ0v) is 95.0. The fourth-order valence-electron chi connectivity index (χ4n) is 25.0. The third-order valence-electron chi connectivity index (χ3n) is 33.3. The summed E-state index contributed by atoms with van der Waals surface area (Å²) in [6.07, 6.45) is 28.9. The number of Topliss-reactive ketones (excluding diaryl/α,β-unsaturated/α-hetero) is 3. The minimum atomic E-state index is -0.770. The summed E-state index contributed by atoms with van der Waals surface area (Å²) in [5.41, 5.74) is 14.9. The van der Waals surface area contributed by atoms with Gasteiger partial charge in [-0.3, -0.25) is 33.6 Å². The van der Waals surface area contributed by atoms with E-state index in [-0.39, 0.29) is 167 Å². The number of nitrogens with one attached hydrogen (secondary N) is 2. The van der Waals surface area contributed by atoms with E-state index >= 15 is 4.79 Å². The molecule has 818 valence electrons. The van der Waals surface area contributed by atoms with Crippen LogP contribution in [0.2, 0.25) is 0 Å². The van der Waals surface area contributed by atoms with Gasteiger partial charge in [0, 0.05) is 123 Å². The number of benzene rings is 3. The number of hydrogen-bond acceptors (Lipinski definition) is 26. The lowest BCUT2D eigenvalue weighted by Crippen LogP contribution is -2.64. The first-order valence-electron chi connectivity index (χ1n) is 55.1. The topological polar surface area (TPSA) is 316 Å². The highest BCUT2D eigenvalue weighted by Gasteiger charge is 2.50. The van der Waals surface area contributed by atoms with Crippen LogP contribution < -0.4 is 22.1 Å². The molecule has 6 saturated heterocycles. The van der Waals surface area contributed by atoms with Crippen LogP contribution >= 0.6 is 88.0 Å². The van der Waals surface area contributed by atoms with Gasteiger partial charge in [-0.15, -0.1) is 34.0 Å². The molecule has 12 heterocycles. The molecule has 149 heavy (non-hydrogen) atoms. The summed E-state index contributed by atoms with van der Waals surface area (Å²) >= 11 is 4.97. The number of rotatable bonds is 28. The molecule has 0 spiro atoms. The van der Waals surface area contributed by atoms with Crippen molar-refractivity contribution in [1.82, 2.24) is 54.7 Å². The van der Waals surface area contributed by atoms with E-state index in [0.717, 1.165) is 137 Å². The minimum absolute atomic E-state index is 0. The molecule has 6 N–H and O–H groups in total. The number of primary amides is 1. The van der Waals surface area contributed by atoms with Crippen LogP contribution in [0.5, 0.6) is 0 Å². The van der Waals surface area contributed by atoms with Crippen molar-refractivity contribution in [1.29, 1.82) is 0 Å². The largest absolute Gasteiger partial charge is 0.455 e. The highest BCUT2D eigenvalue weighted by atomic mass is 32.1. The Morgan fingerprint density at radius 1 is 0.389 bits per heavy atom. The first kappa shape index (κ1) is 118. The van der Waals surface area contributed by atoms with E-state index in [2.05, 4.69) is 85.4 Å². The molecule has 19 rings (SSSR count). The smallest absolute Gasteiger partial charge is 0.408 e.